The van der Waals surface area contributed by atoms with E-state index in [2.05, 4.69) is 0 Å². The van der Waals surface area contributed by atoms with E-state index in [1.165, 1.54) is 0 Å². The van der Waals surface area contributed by atoms with Gasteiger partial charge < -0.3 is 75.8 Å². The Hall–Kier alpha value is -2.72. The Bertz CT molecular complexity index is 519. The summed E-state index contributed by atoms with van der Waals surface area (Å²) in [6.07, 6.45) is -5.43. The summed E-state index contributed by atoms with van der Waals surface area (Å²) in [6, 6.07) is 0. The SMILES string of the molecule is O=C([O-])CC(O)(CC(=O)[O-])C(=O)[O-].O=C([O-])CC(O)(CC(=O)[O-])C(=O)[O-].[NH4+].[V]. The van der Waals surface area contributed by atoms with Crippen LogP contribution in [0.2, 0.25) is 0 Å². The second kappa shape index (κ2) is 13.5. The van der Waals surface area contributed by atoms with Gasteiger partial charge in [0.15, 0.2) is 0 Å². The van der Waals surface area contributed by atoms with Crippen molar-refractivity contribution in [1.29, 1.82) is 0 Å². The Balaban J connectivity index is -0.000000192. The van der Waals surface area contributed by atoms with Crippen LogP contribution in [0.15, 0.2) is 0 Å². The van der Waals surface area contributed by atoms with Gasteiger partial charge >= 0.3 is 0 Å². The zero-order valence-electron chi connectivity index (χ0n) is 14.1. The molecule has 0 fully saturated rings. The van der Waals surface area contributed by atoms with Gasteiger partial charge in [0.05, 0.1) is 11.9 Å². The molecule has 15 nitrogen and oxygen atoms in total. The fourth-order valence-electron chi connectivity index (χ4n) is 1.37. The van der Waals surface area contributed by atoms with Crippen molar-refractivity contribution >= 4 is 35.8 Å². The predicted octanol–water partition coefficient (Wildman–Crippen LogP) is -10.1. The third-order valence-electron chi connectivity index (χ3n) is 2.51. The minimum absolute atomic E-state index is 0. The summed E-state index contributed by atoms with van der Waals surface area (Å²) in [4.78, 5) is 60.0. The molecule has 0 aliphatic rings. The molecule has 161 valence electrons. The van der Waals surface area contributed by atoms with Gasteiger partial charge in [0.1, 0.15) is 11.2 Å². The second-order valence-electron chi connectivity index (χ2n) is 4.83. The summed E-state index contributed by atoms with van der Waals surface area (Å²) in [5, 5.41) is 77.9. The molecule has 0 bridgehead atoms. The van der Waals surface area contributed by atoms with Gasteiger partial charge in [-0.15, -0.1) is 0 Å². The number of carboxylic acid groups (broad SMARTS) is 6. The molecule has 28 heavy (non-hydrogen) atoms. The maximum absolute atomic E-state index is 10.1. The molecule has 0 aromatic heterocycles. The van der Waals surface area contributed by atoms with Crippen LogP contribution in [0.5, 0.6) is 0 Å². The Morgan fingerprint density at radius 1 is 0.536 bits per heavy atom. The number of rotatable bonds is 10. The van der Waals surface area contributed by atoms with Crippen LogP contribution in [0.3, 0.4) is 0 Å². The van der Waals surface area contributed by atoms with Crippen molar-refractivity contribution in [2.24, 2.45) is 0 Å². The van der Waals surface area contributed by atoms with Crippen LogP contribution >= 0.6 is 0 Å². The third-order valence-corrected chi connectivity index (χ3v) is 2.51. The van der Waals surface area contributed by atoms with E-state index in [9.17, 15) is 59.4 Å². The number of carbonyl (C=O) groups is 6. The molecule has 0 aliphatic heterocycles. The molecule has 6 N–H and O–H groups in total. The van der Waals surface area contributed by atoms with Crippen LogP contribution in [-0.4, -0.2) is 57.2 Å². The van der Waals surface area contributed by atoms with Crippen molar-refractivity contribution in [1.82, 2.24) is 6.15 Å². The van der Waals surface area contributed by atoms with Crippen molar-refractivity contribution in [3.05, 3.63) is 0 Å². The van der Waals surface area contributed by atoms with Gasteiger partial charge in [-0.25, -0.2) is 0 Å². The first kappa shape index (κ1) is 32.9. The summed E-state index contributed by atoms with van der Waals surface area (Å²) in [5.41, 5.74) is -5.95. The Morgan fingerprint density at radius 3 is 0.750 bits per heavy atom. The third kappa shape index (κ3) is 13.5. The van der Waals surface area contributed by atoms with Crippen molar-refractivity contribution in [3.8, 4) is 0 Å². The van der Waals surface area contributed by atoms with Crippen LogP contribution in [0, 0.1) is 0 Å². The number of hydrogen-bond donors (Lipinski definition) is 3. The van der Waals surface area contributed by atoms with E-state index in [1.807, 2.05) is 0 Å². The summed E-state index contributed by atoms with van der Waals surface area (Å²) in [7, 11) is 0. The number of carbonyl (C=O) groups excluding carboxylic acids is 6. The Labute approximate surface area is 167 Å². The molecular weight excluding hydrogens is 433 g/mol. The maximum atomic E-state index is 10.1. The first-order valence-corrected chi connectivity index (χ1v) is 6.23. The molecule has 0 aromatic rings. The topological polar surface area (TPSA) is 318 Å². The van der Waals surface area contributed by atoms with Gasteiger partial charge in [0, 0.05) is 68.1 Å². The largest absolute Gasteiger partial charge is 0.550 e. The number of carboxylic acids is 6. The fraction of sp³-hybridized carbons (Fsp3) is 0.500. The molecular formula is C12H14NO14V-5. The molecule has 0 amide bonds. The number of quaternary nitrogens is 1. The van der Waals surface area contributed by atoms with Crippen molar-refractivity contribution in [2.45, 2.75) is 36.9 Å². The molecule has 0 heterocycles. The van der Waals surface area contributed by atoms with Crippen LogP contribution in [0.25, 0.3) is 0 Å². The van der Waals surface area contributed by atoms with E-state index >= 15 is 0 Å². The van der Waals surface area contributed by atoms with E-state index in [0.29, 0.717) is 0 Å². The quantitative estimate of drug-likeness (QED) is 0.280. The normalized spacial score (nSPS) is 10.1. The number of aliphatic hydroxyl groups is 2. The van der Waals surface area contributed by atoms with Crippen molar-refractivity contribution in [2.75, 3.05) is 0 Å². The first-order chi connectivity index (χ1) is 11.6. The molecule has 1 radical (unpaired) electrons. The molecule has 0 spiro atoms. The van der Waals surface area contributed by atoms with Gasteiger partial charge in [-0.05, 0) is 0 Å². The van der Waals surface area contributed by atoms with Gasteiger partial charge in [0.2, 0.25) is 0 Å². The zero-order valence-corrected chi connectivity index (χ0v) is 15.5. The summed E-state index contributed by atoms with van der Waals surface area (Å²) >= 11 is 0. The van der Waals surface area contributed by atoms with Gasteiger partial charge in [0.25, 0.3) is 0 Å². The van der Waals surface area contributed by atoms with Gasteiger partial charge in [-0.3, -0.25) is 0 Å². The predicted molar refractivity (Wildman–Crippen MR) is 64.4 cm³/mol. The maximum Gasteiger partial charge on any atom is 0.114 e. The second-order valence-corrected chi connectivity index (χ2v) is 4.83. The van der Waals surface area contributed by atoms with E-state index < -0.39 is 72.7 Å². The molecule has 0 atom stereocenters. The van der Waals surface area contributed by atoms with Crippen molar-refractivity contribution < 1.29 is 88.2 Å². The smallest absolute Gasteiger partial charge is 0.114 e. The minimum Gasteiger partial charge on any atom is -0.550 e. The van der Waals surface area contributed by atoms with Crippen LogP contribution in [0.4, 0.5) is 0 Å². The van der Waals surface area contributed by atoms with Crippen molar-refractivity contribution in [3.63, 3.8) is 0 Å². The molecule has 0 saturated carbocycles. The molecule has 0 saturated heterocycles. The number of aliphatic carboxylic acids is 6. The molecule has 16 heteroatoms. The van der Waals surface area contributed by atoms with E-state index in [1.54, 1.807) is 0 Å². The molecule has 0 aromatic carbocycles. The average Bonchev–Trinajstić information content (AvgIpc) is 2.34. The minimum atomic E-state index is -2.97. The molecule has 0 aliphatic carbocycles. The Morgan fingerprint density at radius 2 is 0.679 bits per heavy atom. The first-order valence-electron chi connectivity index (χ1n) is 6.23. The summed E-state index contributed by atoms with van der Waals surface area (Å²) in [6.45, 7) is 0. The zero-order chi connectivity index (χ0) is 21.3. The average molecular weight is 447 g/mol. The van der Waals surface area contributed by atoms with E-state index in [-0.39, 0.29) is 24.7 Å². The van der Waals surface area contributed by atoms with Gasteiger partial charge in [-0.1, -0.05) is 0 Å². The summed E-state index contributed by atoms with van der Waals surface area (Å²) < 4.78 is 0. The standard InChI is InChI=1S/2C6H8O7.H3N.V/c2*7-3(8)1-6(13,5(11)12)2-4(9)10;;/h2*13H,1-2H2,(H,7,8)(H,9,10)(H,11,12);1H3;/p-5. The number of hydrogen-bond acceptors (Lipinski definition) is 14. The van der Waals surface area contributed by atoms with Gasteiger partial charge in [-0.2, -0.15) is 0 Å². The van der Waals surface area contributed by atoms with Crippen LogP contribution < -0.4 is 36.8 Å². The van der Waals surface area contributed by atoms with Crippen LogP contribution in [0.1, 0.15) is 25.7 Å². The molecule has 0 rings (SSSR count). The monoisotopic (exact) mass is 447 g/mol. The van der Waals surface area contributed by atoms with Crippen LogP contribution in [-0.2, 0) is 47.3 Å². The van der Waals surface area contributed by atoms with E-state index in [4.69, 9.17) is 10.2 Å². The molecule has 0 unspecified atom stereocenters. The summed E-state index contributed by atoms with van der Waals surface area (Å²) in [5.74, 6) is -12.0. The Kier molecular flexibility index (Phi) is 15.8. The van der Waals surface area contributed by atoms with E-state index in [0.717, 1.165) is 0 Å². The fourth-order valence-corrected chi connectivity index (χ4v) is 1.37.